The van der Waals surface area contributed by atoms with Crippen molar-refractivity contribution in [3.8, 4) is 0 Å². The lowest BCUT2D eigenvalue weighted by molar-refractivity contribution is 0.299. The van der Waals surface area contributed by atoms with Gasteiger partial charge < -0.3 is 15.7 Å². The van der Waals surface area contributed by atoms with Crippen molar-refractivity contribution in [2.75, 3.05) is 23.8 Å². The minimum absolute atomic E-state index is 0.0910. The zero-order chi connectivity index (χ0) is 12.4. The van der Waals surface area contributed by atoms with E-state index < -0.39 is 0 Å². The van der Waals surface area contributed by atoms with Crippen LogP contribution in [0, 0.1) is 0 Å². The standard InChI is InChI=1S/C11H16N4OS/c1-7(2)15(4-5-16)9-8-3-6-17-10(8)14-11(12)13-9/h3,6-7,16H,4-5H2,1-2H3,(H2,12,13,14). The molecule has 0 aromatic carbocycles. The molecule has 0 saturated carbocycles. The first-order valence-electron chi connectivity index (χ1n) is 5.51. The van der Waals surface area contributed by atoms with Crippen LogP contribution in [0.25, 0.3) is 10.2 Å². The largest absolute Gasteiger partial charge is 0.395 e. The monoisotopic (exact) mass is 252 g/mol. The molecule has 0 bridgehead atoms. The molecular formula is C11H16N4OS. The number of fused-ring (bicyclic) bond motifs is 1. The van der Waals surface area contributed by atoms with Crippen LogP contribution in [0.3, 0.4) is 0 Å². The number of nitrogens with zero attached hydrogens (tertiary/aromatic N) is 3. The maximum Gasteiger partial charge on any atom is 0.223 e. The van der Waals surface area contributed by atoms with Crippen molar-refractivity contribution in [1.82, 2.24) is 9.97 Å². The van der Waals surface area contributed by atoms with Gasteiger partial charge in [0.05, 0.1) is 12.0 Å². The van der Waals surface area contributed by atoms with Crippen LogP contribution in [0.2, 0.25) is 0 Å². The predicted octanol–water partition coefficient (Wildman–Crippen LogP) is 1.48. The van der Waals surface area contributed by atoms with Crippen LogP contribution in [0.4, 0.5) is 11.8 Å². The van der Waals surface area contributed by atoms with Gasteiger partial charge in [-0.2, -0.15) is 4.98 Å². The molecule has 2 aromatic rings. The zero-order valence-corrected chi connectivity index (χ0v) is 10.7. The molecule has 5 nitrogen and oxygen atoms in total. The summed E-state index contributed by atoms with van der Waals surface area (Å²) in [5.74, 6) is 1.08. The van der Waals surface area contributed by atoms with Gasteiger partial charge in [0.1, 0.15) is 10.6 Å². The van der Waals surface area contributed by atoms with E-state index >= 15 is 0 Å². The fraction of sp³-hybridized carbons (Fsp3) is 0.455. The number of nitrogens with two attached hydrogens (primary N) is 1. The summed E-state index contributed by atoms with van der Waals surface area (Å²) in [5, 5.41) is 12.1. The fourth-order valence-electron chi connectivity index (χ4n) is 1.79. The molecule has 17 heavy (non-hydrogen) atoms. The Kier molecular flexibility index (Phi) is 3.44. The van der Waals surface area contributed by atoms with E-state index in [0.717, 1.165) is 16.0 Å². The molecule has 0 aliphatic rings. The Hall–Kier alpha value is -1.40. The second-order valence-corrected chi connectivity index (χ2v) is 4.95. The average Bonchev–Trinajstić information content (AvgIpc) is 2.72. The van der Waals surface area contributed by atoms with E-state index in [9.17, 15) is 0 Å². The highest BCUT2D eigenvalue weighted by atomic mass is 32.1. The van der Waals surface area contributed by atoms with Gasteiger partial charge in [0, 0.05) is 12.6 Å². The molecule has 0 aliphatic heterocycles. The summed E-state index contributed by atoms with van der Waals surface area (Å²) in [6.07, 6.45) is 0. The lowest BCUT2D eigenvalue weighted by atomic mass is 10.2. The highest BCUT2D eigenvalue weighted by Crippen LogP contribution is 2.29. The van der Waals surface area contributed by atoms with Gasteiger partial charge in [0.15, 0.2) is 0 Å². The van der Waals surface area contributed by atoms with E-state index in [-0.39, 0.29) is 18.6 Å². The summed E-state index contributed by atoms with van der Waals surface area (Å²) < 4.78 is 0. The number of rotatable bonds is 4. The van der Waals surface area contributed by atoms with Crippen LogP contribution < -0.4 is 10.6 Å². The fourth-order valence-corrected chi connectivity index (χ4v) is 2.56. The van der Waals surface area contributed by atoms with Gasteiger partial charge in [0.2, 0.25) is 5.95 Å². The molecule has 2 rings (SSSR count). The van der Waals surface area contributed by atoms with Crippen molar-refractivity contribution in [3.63, 3.8) is 0 Å². The number of aliphatic hydroxyl groups excluding tert-OH is 1. The maximum atomic E-state index is 9.13. The van der Waals surface area contributed by atoms with E-state index in [2.05, 4.69) is 23.8 Å². The Morgan fingerprint density at radius 1 is 1.47 bits per heavy atom. The second-order valence-electron chi connectivity index (χ2n) is 4.06. The Morgan fingerprint density at radius 2 is 2.24 bits per heavy atom. The minimum atomic E-state index is 0.0910. The van der Waals surface area contributed by atoms with Crippen LogP contribution in [0.1, 0.15) is 13.8 Å². The van der Waals surface area contributed by atoms with E-state index in [4.69, 9.17) is 10.8 Å². The summed E-state index contributed by atoms with van der Waals surface area (Å²) in [6, 6.07) is 2.24. The first-order chi connectivity index (χ1) is 8.13. The Balaban J connectivity index is 2.54. The molecular weight excluding hydrogens is 236 g/mol. The topological polar surface area (TPSA) is 75.3 Å². The molecule has 0 unspecified atom stereocenters. The lowest BCUT2D eigenvalue weighted by Crippen LogP contribution is -2.34. The van der Waals surface area contributed by atoms with Gasteiger partial charge in [0.25, 0.3) is 0 Å². The summed E-state index contributed by atoms with van der Waals surface area (Å²) in [5.41, 5.74) is 5.71. The molecule has 0 saturated heterocycles. The first kappa shape index (κ1) is 12.1. The van der Waals surface area contributed by atoms with E-state index in [0.29, 0.717) is 6.54 Å². The van der Waals surface area contributed by atoms with Gasteiger partial charge in [-0.1, -0.05) is 0 Å². The Bertz CT molecular complexity index is 511. The lowest BCUT2D eigenvalue weighted by Gasteiger charge is -2.27. The van der Waals surface area contributed by atoms with Gasteiger partial charge in [-0.25, -0.2) is 4.98 Å². The van der Waals surface area contributed by atoms with Crippen molar-refractivity contribution in [2.24, 2.45) is 0 Å². The zero-order valence-electron chi connectivity index (χ0n) is 9.92. The van der Waals surface area contributed by atoms with Crippen LogP contribution in [-0.4, -0.2) is 34.3 Å². The van der Waals surface area contributed by atoms with E-state index in [1.54, 1.807) is 11.3 Å². The minimum Gasteiger partial charge on any atom is -0.395 e. The molecule has 3 N–H and O–H groups in total. The molecule has 0 fully saturated rings. The molecule has 2 aromatic heterocycles. The summed E-state index contributed by atoms with van der Waals surface area (Å²) in [7, 11) is 0. The molecule has 0 atom stereocenters. The third kappa shape index (κ3) is 2.32. The van der Waals surface area contributed by atoms with Crippen LogP contribution in [0.15, 0.2) is 11.4 Å². The number of hydrogen-bond donors (Lipinski definition) is 2. The quantitative estimate of drug-likeness (QED) is 0.862. The molecule has 0 radical (unpaired) electrons. The summed E-state index contributed by atoms with van der Waals surface area (Å²) in [6.45, 7) is 4.76. The number of thiophene rings is 1. The molecule has 0 amide bonds. The maximum absolute atomic E-state index is 9.13. The van der Waals surface area contributed by atoms with Gasteiger partial charge in [-0.15, -0.1) is 11.3 Å². The normalized spacial score (nSPS) is 11.3. The molecule has 6 heteroatoms. The van der Waals surface area contributed by atoms with E-state index in [1.165, 1.54) is 0 Å². The molecule has 92 valence electrons. The highest BCUT2D eigenvalue weighted by molar-refractivity contribution is 7.16. The summed E-state index contributed by atoms with van der Waals surface area (Å²) >= 11 is 1.54. The van der Waals surface area contributed by atoms with Crippen molar-refractivity contribution in [2.45, 2.75) is 19.9 Å². The van der Waals surface area contributed by atoms with Gasteiger partial charge in [-0.05, 0) is 25.3 Å². The molecule has 0 spiro atoms. The first-order valence-corrected chi connectivity index (χ1v) is 6.39. The van der Waals surface area contributed by atoms with Crippen molar-refractivity contribution in [1.29, 1.82) is 0 Å². The SMILES string of the molecule is CC(C)N(CCO)c1nc(N)nc2sccc12. The number of aliphatic hydroxyl groups is 1. The number of anilines is 2. The second kappa shape index (κ2) is 4.85. The van der Waals surface area contributed by atoms with Crippen molar-refractivity contribution < 1.29 is 5.11 Å². The Morgan fingerprint density at radius 3 is 2.88 bits per heavy atom. The highest BCUT2D eigenvalue weighted by Gasteiger charge is 2.16. The van der Waals surface area contributed by atoms with Gasteiger partial charge in [-0.3, -0.25) is 0 Å². The summed E-state index contributed by atoms with van der Waals surface area (Å²) in [4.78, 5) is 11.4. The third-order valence-electron chi connectivity index (χ3n) is 2.56. The van der Waals surface area contributed by atoms with Crippen LogP contribution >= 0.6 is 11.3 Å². The van der Waals surface area contributed by atoms with Crippen LogP contribution in [-0.2, 0) is 0 Å². The third-order valence-corrected chi connectivity index (χ3v) is 3.37. The van der Waals surface area contributed by atoms with Crippen LogP contribution in [0.5, 0.6) is 0 Å². The van der Waals surface area contributed by atoms with E-state index in [1.807, 2.05) is 16.3 Å². The molecule has 2 heterocycles. The number of nitrogen functional groups attached to an aromatic ring is 1. The molecule has 0 aliphatic carbocycles. The van der Waals surface area contributed by atoms with Crippen molar-refractivity contribution >= 4 is 33.3 Å². The van der Waals surface area contributed by atoms with Gasteiger partial charge >= 0.3 is 0 Å². The predicted molar refractivity (Wildman–Crippen MR) is 71.4 cm³/mol. The number of hydrogen-bond acceptors (Lipinski definition) is 6. The Labute approximate surface area is 104 Å². The number of aromatic nitrogens is 2. The smallest absolute Gasteiger partial charge is 0.223 e. The average molecular weight is 252 g/mol. The van der Waals surface area contributed by atoms with Crippen molar-refractivity contribution in [3.05, 3.63) is 11.4 Å².